The van der Waals surface area contributed by atoms with Crippen molar-refractivity contribution in [2.24, 2.45) is 0 Å². The van der Waals surface area contributed by atoms with E-state index in [-0.39, 0.29) is 6.42 Å². The Kier molecular flexibility index (Phi) is 11.0. The Morgan fingerprint density at radius 2 is 1.58 bits per heavy atom. The molecule has 24 heavy (non-hydrogen) atoms. The summed E-state index contributed by atoms with van der Waals surface area (Å²) in [5.41, 5.74) is -2.88. The summed E-state index contributed by atoms with van der Waals surface area (Å²) in [5.74, 6) is -2.11. The number of Topliss-reactive ketones (excluding diaryl/α,β-unsaturated/α-hetero) is 1. The van der Waals surface area contributed by atoms with E-state index in [2.05, 4.69) is 12.2 Å². The molecule has 4 atom stereocenters. The molecule has 0 aromatic carbocycles. The molecular weight excluding hydrogens is 318 g/mol. The summed E-state index contributed by atoms with van der Waals surface area (Å²) in [4.78, 5) is 24.2. The minimum Gasteiger partial charge on any atom is -0.394 e. The van der Waals surface area contributed by atoms with E-state index in [1.54, 1.807) is 0 Å². The lowest BCUT2D eigenvalue weighted by Crippen LogP contribution is -2.64. The maximum atomic E-state index is 12.3. The first kappa shape index (κ1) is 22.9. The molecule has 0 bridgehead atoms. The molecule has 8 nitrogen and oxygen atoms in total. The van der Waals surface area contributed by atoms with Crippen molar-refractivity contribution in [1.29, 1.82) is 0 Å². The second-order valence-electron chi connectivity index (χ2n) is 5.97. The van der Waals surface area contributed by atoms with Gasteiger partial charge in [0, 0.05) is 13.5 Å². The first-order valence-electron chi connectivity index (χ1n) is 8.40. The van der Waals surface area contributed by atoms with E-state index < -0.39 is 42.2 Å². The molecule has 0 aromatic heterocycles. The molecule has 0 aliphatic rings. The molecular formula is C16H31NO7. The molecule has 6 N–H and O–H groups in total. The highest BCUT2D eigenvalue weighted by Crippen LogP contribution is 2.21. The van der Waals surface area contributed by atoms with E-state index in [1.807, 2.05) is 0 Å². The number of nitrogens with one attached hydrogen (secondary N) is 1. The number of carbonyl (C=O) groups is 2. The van der Waals surface area contributed by atoms with Crippen LogP contribution in [0.4, 0.5) is 0 Å². The normalized spacial score (nSPS) is 17.6. The lowest BCUT2D eigenvalue weighted by Gasteiger charge is -2.33. The number of amides is 1. The van der Waals surface area contributed by atoms with Crippen LogP contribution in [0.2, 0.25) is 0 Å². The van der Waals surface area contributed by atoms with Crippen molar-refractivity contribution < 1.29 is 35.1 Å². The van der Waals surface area contributed by atoms with Crippen LogP contribution in [0.3, 0.4) is 0 Å². The number of ketones is 1. The van der Waals surface area contributed by atoms with Gasteiger partial charge in [-0.25, -0.2) is 0 Å². The van der Waals surface area contributed by atoms with E-state index >= 15 is 0 Å². The van der Waals surface area contributed by atoms with Crippen molar-refractivity contribution >= 4 is 11.7 Å². The van der Waals surface area contributed by atoms with Crippen molar-refractivity contribution in [2.75, 3.05) is 13.7 Å². The number of hydrogen-bond acceptors (Lipinski definition) is 7. The summed E-state index contributed by atoms with van der Waals surface area (Å²) in [7, 11) is 1.17. The number of rotatable bonds is 13. The van der Waals surface area contributed by atoms with Gasteiger partial charge in [0.25, 0.3) is 5.91 Å². The lowest BCUT2D eigenvalue weighted by atomic mass is 9.83. The summed E-state index contributed by atoms with van der Waals surface area (Å²) >= 11 is 0. The zero-order valence-electron chi connectivity index (χ0n) is 14.4. The summed E-state index contributed by atoms with van der Waals surface area (Å²) in [6.07, 6.45) is -0.916. The van der Waals surface area contributed by atoms with Gasteiger partial charge >= 0.3 is 0 Å². The Morgan fingerprint density at radius 3 is 2.08 bits per heavy atom. The van der Waals surface area contributed by atoms with Gasteiger partial charge in [0.15, 0.2) is 5.78 Å². The highest BCUT2D eigenvalue weighted by atomic mass is 16.4. The fraction of sp³-hybridized carbons (Fsp3) is 0.875. The summed E-state index contributed by atoms with van der Waals surface area (Å²) < 4.78 is 0. The quantitative estimate of drug-likeness (QED) is 0.182. The second kappa shape index (κ2) is 11.5. The zero-order chi connectivity index (χ0) is 18.8. The maximum absolute atomic E-state index is 12.3. The number of hydrogen-bond donors (Lipinski definition) is 6. The lowest BCUT2D eigenvalue weighted by molar-refractivity contribution is -0.182. The van der Waals surface area contributed by atoms with Gasteiger partial charge < -0.3 is 30.8 Å². The number of unbranched alkanes of at least 4 members (excludes halogenated alkanes) is 5. The SMILES string of the molecule is CCCCCCCCC(=O)[C@](O)(C(=O)NC)[C@@H](O)[C@H](O)[C@H](O)CO. The largest absolute Gasteiger partial charge is 0.394 e. The standard InChI is InChI=1S/C16H31NO7/c1-3-4-5-6-7-8-9-12(20)16(24,15(23)17-2)14(22)13(21)11(19)10-18/h11,13-14,18-19,21-22,24H,3-10H2,1-2H3,(H,17,23)/t11-,13-,14+,16-/m1/s1. The van der Waals surface area contributed by atoms with Crippen LogP contribution in [0.15, 0.2) is 0 Å². The molecule has 0 spiro atoms. The highest BCUT2D eigenvalue weighted by molar-refractivity contribution is 6.09. The predicted octanol–water partition coefficient (Wildman–Crippen LogP) is -1.14. The van der Waals surface area contributed by atoms with Gasteiger partial charge in [-0.15, -0.1) is 0 Å². The second-order valence-corrected chi connectivity index (χ2v) is 5.97. The number of carbonyl (C=O) groups excluding carboxylic acids is 2. The Balaban J connectivity index is 4.90. The Labute approximate surface area is 142 Å². The number of aliphatic hydroxyl groups is 5. The molecule has 0 radical (unpaired) electrons. The third-order valence-electron chi connectivity index (χ3n) is 4.09. The Hall–Kier alpha value is -1.06. The van der Waals surface area contributed by atoms with Crippen LogP contribution in [0.25, 0.3) is 0 Å². The fourth-order valence-corrected chi connectivity index (χ4v) is 2.44. The van der Waals surface area contributed by atoms with Crippen molar-refractivity contribution in [2.45, 2.75) is 75.8 Å². The molecule has 1 amide bonds. The Bertz CT molecular complexity index is 391. The molecule has 0 aliphatic carbocycles. The molecule has 142 valence electrons. The topological polar surface area (TPSA) is 147 Å². The highest BCUT2D eigenvalue weighted by Gasteiger charge is 2.53. The third kappa shape index (κ3) is 6.10. The minimum atomic E-state index is -2.88. The first-order valence-corrected chi connectivity index (χ1v) is 8.40. The average Bonchev–Trinajstić information content (AvgIpc) is 2.60. The van der Waals surface area contributed by atoms with Gasteiger partial charge in [-0.05, 0) is 6.42 Å². The zero-order valence-corrected chi connectivity index (χ0v) is 14.4. The molecule has 0 saturated carbocycles. The van der Waals surface area contributed by atoms with Gasteiger partial charge in [0.1, 0.15) is 18.3 Å². The van der Waals surface area contributed by atoms with Crippen molar-refractivity contribution in [1.82, 2.24) is 5.32 Å². The summed E-state index contributed by atoms with van der Waals surface area (Å²) in [6.45, 7) is 1.19. The van der Waals surface area contributed by atoms with Crippen molar-refractivity contribution in [3.05, 3.63) is 0 Å². The van der Waals surface area contributed by atoms with E-state index in [1.165, 1.54) is 7.05 Å². The maximum Gasteiger partial charge on any atom is 0.262 e. The van der Waals surface area contributed by atoms with Gasteiger partial charge in [-0.1, -0.05) is 39.0 Å². The van der Waals surface area contributed by atoms with Gasteiger partial charge in [-0.2, -0.15) is 0 Å². The molecule has 8 heteroatoms. The number of aliphatic hydroxyl groups excluding tert-OH is 4. The number of likely N-dealkylation sites (N-methyl/N-ethyl adjacent to an activating group) is 1. The Morgan fingerprint density at radius 1 is 1.04 bits per heavy atom. The van der Waals surface area contributed by atoms with Gasteiger partial charge in [0.2, 0.25) is 5.60 Å². The summed E-state index contributed by atoms with van der Waals surface area (Å²) in [5, 5.41) is 50.4. The minimum absolute atomic E-state index is 0.144. The van der Waals surface area contributed by atoms with Crippen LogP contribution >= 0.6 is 0 Å². The van der Waals surface area contributed by atoms with E-state index in [0.717, 1.165) is 32.1 Å². The summed E-state index contributed by atoms with van der Waals surface area (Å²) in [6, 6.07) is 0. The van der Waals surface area contributed by atoms with E-state index in [9.17, 15) is 30.0 Å². The van der Waals surface area contributed by atoms with Crippen LogP contribution in [-0.2, 0) is 9.59 Å². The third-order valence-corrected chi connectivity index (χ3v) is 4.09. The average molecular weight is 349 g/mol. The molecule has 0 unspecified atom stereocenters. The van der Waals surface area contributed by atoms with E-state index in [4.69, 9.17) is 5.11 Å². The van der Waals surface area contributed by atoms with Crippen LogP contribution in [0, 0.1) is 0 Å². The molecule has 0 rings (SSSR count). The smallest absolute Gasteiger partial charge is 0.262 e. The monoisotopic (exact) mass is 349 g/mol. The molecule has 0 fully saturated rings. The first-order chi connectivity index (χ1) is 11.3. The molecule has 0 aromatic rings. The van der Waals surface area contributed by atoms with E-state index in [0.29, 0.717) is 6.42 Å². The predicted molar refractivity (Wildman–Crippen MR) is 87.1 cm³/mol. The molecule has 0 saturated heterocycles. The van der Waals surface area contributed by atoms with Crippen LogP contribution in [-0.4, -0.2) is 74.8 Å². The van der Waals surface area contributed by atoms with Crippen molar-refractivity contribution in [3.8, 4) is 0 Å². The van der Waals surface area contributed by atoms with Crippen LogP contribution < -0.4 is 5.32 Å². The van der Waals surface area contributed by atoms with Crippen molar-refractivity contribution in [3.63, 3.8) is 0 Å². The van der Waals surface area contributed by atoms with Crippen LogP contribution in [0.1, 0.15) is 51.9 Å². The molecule has 0 aliphatic heterocycles. The molecule has 0 heterocycles. The van der Waals surface area contributed by atoms with Gasteiger partial charge in [0.05, 0.1) is 6.61 Å². The fourth-order valence-electron chi connectivity index (χ4n) is 2.44. The van der Waals surface area contributed by atoms with Gasteiger partial charge in [-0.3, -0.25) is 9.59 Å². The van der Waals surface area contributed by atoms with Crippen LogP contribution in [0.5, 0.6) is 0 Å².